The highest BCUT2D eigenvalue weighted by atomic mass is 16.5. The van der Waals surface area contributed by atoms with E-state index < -0.39 is 12.1 Å². The van der Waals surface area contributed by atoms with Crippen molar-refractivity contribution in [1.82, 2.24) is 9.97 Å². The Labute approximate surface area is 120 Å². The lowest BCUT2D eigenvalue weighted by molar-refractivity contribution is 0.0593. The molecule has 6 nitrogen and oxygen atoms in total. The number of fused-ring (bicyclic) bond motifs is 3. The molecule has 2 heterocycles. The van der Waals surface area contributed by atoms with Gasteiger partial charge in [-0.3, -0.25) is 0 Å². The Kier molecular flexibility index (Phi) is 3.03. The molecule has 0 unspecified atom stereocenters. The molecule has 6 heteroatoms. The first kappa shape index (κ1) is 13.4. The highest BCUT2D eigenvalue weighted by molar-refractivity contribution is 6.10. The first-order valence-electron chi connectivity index (χ1n) is 6.43. The summed E-state index contributed by atoms with van der Waals surface area (Å²) < 4.78 is 4.69. The van der Waals surface area contributed by atoms with Crippen molar-refractivity contribution in [2.24, 2.45) is 0 Å². The molecule has 0 fully saturated rings. The van der Waals surface area contributed by atoms with Crippen molar-refractivity contribution in [3.8, 4) is 5.75 Å². The summed E-state index contributed by atoms with van der Waals surface area (Å²) in [6.07, 6.45) is -0.848. The quantitative estimate of drug-likeness (QED) is 0.628. The fourth-order valence-corrected chi connectivity index (χ4v) is 2.42. The van der Waals surface area contributed by atoms with E-state index in [0.717, 1.165) is 10.9 Å². The second kappa shape index (κ2) is 4.75. The summed E-state index contributed by atoms with van der Waals surface area (Å²) in [6.45, 7) is 1.58. The Morgan fingerprint density at radius 1 is 1.33 bits per heavy atom. The number of aliphatic hydroxyl groups is 1. The smallest absolute Gasteiger partial charge is 0.356 e. The number of phenolic OH excluding ortho intramolecular Hbond substituents is 1. The molecule has 0 aliphatic carbocycles. The van der Waals surface area contributed by atoms with Crippen LogP contribution in [-0.2, 0) is 4.74 Å². The Bertz CT molecular complexity index is 852. The number of esters is 1. The molecule has 1 aromatic carbocycles. The number of carbonyl (C=O) groups excluding carboxylic acids is 1. The maximum absolute atomic E-state index is 11.7. The monoisotopic (exact) mass is 286 g/mol. The van der Waals surface area contributed by atoms with Gasteiger partial charge < -0.3 is 19.9 Å². The SMILES string of the molecule is COC(=O)c1cc2c([nH]c3ccc(O)cc32)c([C@H](C)O)n1. The number of pyridine rings is 1. The van der Waals surface area contributed by atoms with Crippen LogP contribution in [0, 0.1) is 0 Å². The van der Waals surface area contributed by atoms with Gasteiger partial charge in [0.25, 0.3) is 0 Å². The van der Waals surface area contributed by atoms with Crippen molar-refractivity contribution in [3.63, 3.8) is 0 Å². The molecule has 0 amide bonds. The van der Waals surface area contributed by atoms with Gasteiger partial charge in [0, 0.05) is 16.3 Å². The first-order valence-corrected chi connectivity index (χ1v) is 6.43. The molecule has 0 aliphatic heterocycles. The van der Waals surface area contributed by atoms with Crippen molar-refractivity contribution in [2.75, 3.05) is 7.11 Å². The summed E-state index contributed by atoms with van der Waals surface area (Å²) in [4.78, 5) is 19.1. The van der Waals surface area contributed by atoms with Gasteiger partial charge in [0.05, 0.1) is 24.4 Å². The lowest BCUT2D eigenvalue weighted by atomic mass is 10.1. The average molecular weight is 286 g/mol. The van der Waals surface area contributed by atoms with E-state index >= 15 is 0 Å². The van der Waals surface area contributed by atoms with Crippen molar-refractivity contribution >= 4 is 27.8 Å². The number of rotatable bonds is 2. The van der Waals surface area contributed by atoms with Crippen LogP contribution in [0.5, 0.6) is 5.75 Å². The van der Waals surface area contributed by atoms with E-state index in [4.69, 9.17) is 0 Å². The minimum atomic E-state index is -0.848. The third-order valence-corrected chi connectivity index (χ3v) is 3.39. The molecule has 0 aliphatic rings. The van der Waals surface area contributed by atoms with Crippen LogP contribution in [0.1, 0.15) is 29.2 Å². The summed E-state index contributed by atoms with van der Waals surface area (Å²) in [5.74, 6) is -0.452. The van der Waals surface area contributed by atoms with E-state index in [-0.39, 0.29) is 11.4 Å². The molecule has 0 spiro atoms. The van der Waals surface area contributed by atoms with Gasteiger partial charge in [-0.1, -0.05) is 0 Å². The standard InChI is InChI=1S/C15H14N2O4/c1-7(18)13-14-10(6-12(17-13)15(20)21-2)9-5-8(19)3-4-11(9)16-14/h3-7,16,18-19H,1-2H3/t7-/m0/s1. The van der Waals surface area contributed by atoms with Crippen LogP contribution in [0.2, 0.25) is 0 Å². The molecule has 3 aromatic rings. The normalized spacial score (nSPS) is 12.7. The molecule has 3 N–H and O–H groups in total. The number of aromatic amines is 1. The second-order valence-electron chi connectivity index (χ2n) is 4.84. The fraction of sp³-hybridized carbons (Fsp3) is 0.200. The first-order chi connectivity index (χ1) is 10.0. The number of aromatic nitrogens is 2. The maximum Gasteiger partial charge on any atom is 0.356 e. The van der Waals surface area contributed by atoms with Crippen LogP contribution < -0.4 is 0 Å². The number of benzene rings is 1. The van der Waals surface area contributed by atoms with Gasteiger partial charge in [-0.2, -0.15) is 0 Å². The molecular weight excluding hydrogens is 272 g/mol. The van der Waals surface area contributed by atoms with Gasteiger partial charge in [-0.05, 0) is 31.2 Å². The zero-order chi connectivity index (χ0) is 15.1. The summed E-state index contributed by atoms with van der Waals surface area (Å²) >= 11 is 0. The van der Waals surface area contributed by atoms with Crippen LogP contribution in [-0.4, -0.2) is 33.3 Å². The molecule has 2 aromatic heterocycles. The summed E-state index contributed by atoms with van der Waals surface area (Å²) in [6, 6.07) is 6.48. The molecule has 0 saturated carbocycles. The van der Waals surface area contributed by atoms with Gasteiger partial charge in [-0.25, -0.2) is 9.78 Å². The van der Waals surface area contributed by atoms with E-state index in [2.05, 4.69) is 14.7 Å². The summed E-state index contributed by atoms with van der Waals surface area (Å²) in [5.41, 5.74) is 1.90. The molecule has 0 bridgehead atoms. The zero-order valence-electron chi connectivity index (χ0n) is 11.5. The Hall–Kier alpha value is -2.60. The third-order valence-electron chi connectivity index (χ3n) is 3.39. The second-order valence-corrected chi connectivity index (χ2v) is 4.84. The minimum absolute atomic E-state index is 0.116. The number of carbonyl (C=O) groups is 1. The maximum atomic E-state index is 11.7. The number of methoxy groups -OCH3 is 1. The number of aromatic hydroxyl groups is 1. The Morgan fingerprint density at radius 2 is 2.10 bits per heavy atom. The third kappa shape index (κ3) is 2.09. The zero-order valence-corrected chi connectivity index (χ0v) is 11.5. The van der Waals surface area contributed by atoms with Crippen LogP contribution in [0.3, 0.4) is 0 Å². The molecule has 21 heavy (non-hydrogen) atoms. The Balaban J connectivity index is 2.43. The molecule has 0 radical (unpaired) electrons. The summed E-state index contributed by atoms with van der Waals surface area (Å²) in [7, 11) is 1.28. The molecular formula is C15H14N2O4. The number of nitrogens with one attached hydrogen (secondary N) is 1. The van der Waals surface area contributed by atoms with Crippen molar-refractivity contribution in [3.05, 3.63) is 35.7 Å². The number of nitrogens with zero attached hydrogens (tertiary/aromatic N) is 1. The fourth-order valence-electron chi connectivity index (χ4n) is 2.42. The molecule has 108 valence electrons. The van der Waals surface area contributed by atoms with Crippen molar-refractivity contribution < 1.29 is 19.7 Å². The number of aliphatic hydroxyl groups excluding tert-OH is 1. The predicted octanol–water partition coefficient (Wildman–Crippen LogP) is 2.26. The molecule has 3 rings (SSSR count). The van der Waals surface area contributed by atoms with E-state index in [1.165, 1.54) is 7.11 Å². The minimum Gasteiger partial charge on any atom is -0.508 e. The topological polar surface area (TPSA) is 95.4 Å². The van der Waals surface area contributed by atoms with E-state index in [1.54, 1.807) is 31.2 Å². The van der Waals surface area contributed by atoms with Gasteiger partial charge in [0.1, 0.15) is 11.4 Å². The van der Waals surface area contributed by atoms with Crippen LogP contribution in [0.25, 0.3) is 21.8 Å². The highest BCUT2D eigenvalue weighted by Crippen LogP contribution is 2.32. The van der Waals surface area contributed by atoms with E-state index in [1.807, 2.05) is 0 Å². The lowest BCUT2D eigenvalue weighted by Crippen LogP contribution is -2.08. The van der Waals surface area contributed by atoms with E-state index in [9.17, 15) is 15.0 Å². The van der Waals surface area contributed by atoms with Crippen LogP contribution in [0.15, 0.2) is 24.3 Å². The van der Waals surface area contributed by atoms with Gasteiger partial charge in [-0.15, -0.1) is 0 Å². The van der Waals surface area contributed by atoms with Crippen LogP contribution >= 0.6 is 0 Å². The number of ether oxygens (including phenoxy) is 1. The number of hydrogen-bond acceptors (Lipinski definition) is 5. The number of phenols is 1. The lowest BCUT2D eigenvalue weighted by Gasteiger charge is -2.07. The number of H-pyrrole nitrogens is 1. The van der Waals surface area contributed by atoms with Crippen molar-refractivity contribution in [1.29, 1.82) is 0 Å². The van der Waals surface area contributed by atoms with Crippen molar-refractivity contribution in [2.45, 2.75) is 13.0 Å². The Morgan fingerprint density at radius 3 is 2.76 bits per heavy atom. The van der Waals surface area contributed by atoms with E-state index in [0.29, 0.717) is 16.6 Å². The van der Waals surface area contributed by atoms with Gasteiger partial charge in [0.2, 0.25) is 0 Å². The average Bonchev–Trinajstić information content (AvgIpc) is 2.83. The number of hydrogen-bond donors (Lipinski definition) is 3. The largest absolute Gasteiger partial charge is 0.508 e. The molecule has 0 saturated heterocycles. The van der Waals surface area contributed by atoms with Crippen LogP contribution in [0.4, 0.5) is 0 Å². The van der Waals surface area contributed by atoms with Gasteiger partial charge in [0.15, 0.2) is 0 Å². The molecule has 1 atom stereocenters. The summed E-state index contributed by atoms with van der Waals surface area (Å²) in [5, 5.41) is 21.0. The van der Waals surface area contributed by atoms with Gasteiger partial charge >= 0.3 is 5.97 Å². The highest BCUT2D eigenvalue weighted by Gasteiger charge is 2.18. The predicted molar refractivity (Wildman–Crippen MR) is 77.2 cm³/mol.